The molecular formula is C17H12ClN3O3S. The van der Waals surface area contributed by atoms with Gasteiger partial charge in [-0.05, 0) is 43.3 Å². The highest BCUT2D eigenvalue weighted by Crippen LogP contribution is 2.14. The maximum Gasteiger partial charge on any atom is 0.275 e. The van der Waals surface area contributed by atoms with Crippen molar-refractivity contribution in [3.63, 3.8) is 0 Å². The zero-order chi connectivity index (χ0) is 18.0. The van der Waals surface area contributed by atoms with Crippen LogP contribution in [0.4, 0.5) is 0 Å². The highest BCUT2D eigenvalue weighted by atomic mass is 35.5. The number of amides is 1. The molecule has 0 radical (unpaired) electrons. The lowest BCUT2D eigenvalue weighted by Crippen LogP contribution is -2.29. The van der Waals surface area contributed by atoms with E-state index in [2.05, 4.69) is 10.5 Å². The SMILES string of the molecule is Cc1cs/c(=N/NC(=O)C2=CC(=O)C=CC2=O)n1-c1ccc(Cl)cc1. The fourth-order valence-electron chi connectivity index (χ4n) is 2.22. The summed E-state index contributed by atoms with van der Waals surface area (Å²) in [4.78, 5) is 35.7. The van der Waals surface area contributed by atoms with Crippen LogP contribution in [0.2, 0.25) is 5.02 Å². The van der Waals surface area contributed by atoms with E-state index >= 15 is 0 Å². The molecule has 0 saturated heterocycles. The van der Waals surface area contributed by atoms with Gasteiger partial charge in [0.25, 0.3) is 5.91 Å². The Kier molecular flexibility index (Phi) is 4.78. The number of benzene rings is 1. The first-order valence-electron chi connectivity index (χ1n) is 7.21. The first-order chi connectivity index (χ1) is 12.0. The molecule has 0 aliphatic heterocycles. The standard InChI is InChI=1S/C17H12ClN3O3S/c1-10-9-25-17(21(10)12-4-2-11(18)3-5-12)20-19-16(24)14-8-13(22)6-7-15(14)23/h2-9H,1H3,(H,19,24)/b20-17+. The molecule has 2 aromatic rings. The number of hydrogen-bond donors (Lipinski definition) is 1. The number of hydrogen-bond acceptors (Lipinski definition) is 5. The molecule has 0 unspecified atom stereocenters. The third-order valence-electron chi connectivity index (χ3n) is 3.41. The van der Waals surface area contributed by atoms with E-state index < -0.39 is 17.5 Å². The zero-order valence-corrected chi connectivity index (χ0v) is 14.6. The molecule has 1 aromatic heterocycles. The minimum absolute atomic E-state index is 0.234. The summed E-state index contributed by atoms with van der Waals surface area (Å²) >= 11 is 7.24. The molecule has 6 nitrogen and oxygen atoms in total. The molecule has 1 aliphatic carbocycles. The lowest BCUT2D eigenvalue weighted by molar-refractivity contribution is -0.122. The van der Waals surface area contributed by atoms with E-state index in [9.17, 15) is 14.4 Å². The van der Waals surface area contributed by atoms with Crippen LogP contribution in [0.3, 0.4) is 0 Å². The quantitative estimate of drug-likeness (QED) is 0.508. The van der Waals surface area contributed by atoms with Gasteiger partial charge < -0.3 is 0 Å². The van der Waals surface area contributed by atoms with Gasteiger partial charge in [-0.1, -0.05) is 11.6 Å². The van der Waals surface area contributed by atoms with Crippen molar-refractivity contribution >= 4 is 40.4 Å². The van der Waals surface area contributed by atoms with Crippen LogP contribution in [0.15, 0.2) is 58.5 Å². The minimum atomic E-state index is -0.726. The van der Waals surface area contributed by atoms with Crippen molar-refractivity contribution < 1.29 is 14.4 Å². The van der Waals surface area contributed by atoms with Crippen LogP contribution >= 0.6 is 22.9 Å². The van der Waals surface area contributed by atoms with Crippen molar-refractivity contribution in [2.75, 3.05) is 0 Å². The van der Waals surface area contributed by atoms with Gasteiger partial charge in [-0.25, -0.2) is 5.43 Å². The summed E-state index contributed by atoms with van der Waals surface area (Å²) in [7, 11) is 0. The third kappa shape index (κ3) is 3.67. The smallest absolute Gasteiger partial charge is 0.275 e. The number of aryl methyl sites for hydroxylation is 1. The van der Waals surface area contributed by atoms with Crippen LogP contribution in [0.5, 0.6) is 0 Å². The average Bonchev–Trinajstić information content (AvgIpc) is 2.96. The number of rotatable bonds is 3. The normalized spacial score (nSPS) is 14.6. The minimum Gasteiger partial charge on any atom is -0.290 e. The molecule has 8 heteroatoms. The zero-order valence-electron chi connectivity index (χ0n) is 13.0. The predicted octanol–water partition coefficient (Wildman–Crippen LogP) is 2.07. The molecule has 3 rings (SSSR count). The van der Waals surface area contributed by atoms with Crippen LogP contribution in [0.1, 0.15) is 5.69 Å². The molecule has 0 fully saturated rings. The molecule has 25 heavy (non-hydrogen) atoms. The lowest BCUT2D eigenvalue weighted by atomic mass is 10.0. The summed E-state index contributed by atoms with van der Waals surface area (Å²) < 4.78 is 1.84. The largest absolute Gasteiger partial charge is 0.290 e. The number of carbonyl (C=O) groups excluding carboxylic acids is 3. The highest BCUT2D eigenvalue weighted by Gasteiger charge is 2.20. The highest BCUT2D eigenvalue weighted by molar-refractivity contribution is 7.07. The van der Waals surface area contributed by atoms with Gasteiger partial charge in [0.1, 0.15) is 0 Å². The van der Waals surface area contributed by atoms with Crippen molar-refractivity contribution in [1.82, 2.24) is 9.99 Å². The van der Waals surface area contributed by atoms with E-state index in [1.165, 1.54) is 11.3 Å². The molecular weight excluding hydrogens is 362 g/mol. The van der Waals surface area contributed by atoms with Crippen molar-refractivity contribution in [3.05, 3.63) is 69.0 Å². The molecule has 1 N–H and O–H groups in total. The second-order valence-electron chi connectivity index (χ2n) is 5.18. The fourth-order valence-corrected chi connectivity index (χ4v) is 3.18. The van der Waals surface area contributed by atoms with E-state index in [0.29, 0.717) is 9.82 Å². The summed E-state index contributed by atoms with van der Waals surface area (Å²) in [6, 6.07) is 7.18. The van der Waals surface area contributed by atoms with Gasteiger partial charge in [0, 0.05) is 27.9 Å². The Morgan fingerprint density at radius 2 is 1.92 bits per heavy atom. The fraction of sp³-hybridized carbons (Fsp3) is 0.0588. The Labute approximate surface area is 151 Å². The monoisotopic (exact) mass is 373 g/mol. The number of aromatic nitrogens is 1. The van der Waals surface area contributed by atoms with Crippen LogP contribution in [-0.4, -0.2) is 22.0 Å². The van der Waals surface area contributed by atoms with Crippen LogP contribution in [0.25, 0.3) is 5.69 Å². The first kappa shape index (κ1) is 17.1. The Morgan fingerprint density at radius 1 is 1.20 bits per heavy atom. The summed E-state index contributed by atoms with van der Waals surface area (Å²) in [5.74, 6) is -1.66. The van der Waals surface area contributed by atoms with E-state index in [0.717, 1.165) is 29.6 Å². The number of ketones is 2. The number of carbonyl (C=O) groups is 3. The predicted molar refractivity (Wildman–Crippen MR) is 94.3 cm³/mol. The number of halogens is 1. The molecule has 1 aliphatic rings. The van der Waals surface area contributed by atoms with Crippen molar-refractivity contribution in [2.45, 2.75) is 6.92 Å². The summed E-state index contributed by atoms with van der Waals surface area (Å²) in [6.07, 6.45) is 3.19. The van der Waals surface area contributed by atoms with Gasteiger partial charge >= 0.3 is 0 Å². The number of allylic oxidation sites excluding steroid dienone is 3. The number of nitrogens with one attached hydrogen (secondary N) is 1. The molecule has 0 saturated carbocycles. The van der Waals surface area contributed by atoms with E-state index in [1.807, 2.05) is 29.0 Å². The van der Waals surface area contributed by atoms with Gasteiger partial charge in [-0.2, -0.15) is 0 Å². The Hall–Kier alpha value is -2.77. The topological polar surface area (TPSA) is 80.5 Å². The van der Waals surface area contributed by atoms with Crippen molar-refractivity contribution in [2.24, 2.45) is 5.10 Å². The maximum absolute atomic E-state index is 12.1. The molecule has 1 aromatic carbocycles. The summed E-state index contributed by atoms with van der Waals surface area (Å²) in [6.45, 7) is 1.91. The summed E-state index contributed by atoms with van der Waals surface area (Å²) in [5, 5.41) is 6.58. The first-order valence-corrected chi connectivity index (χ1v) is 8.46. The lowest BCUT2D eigenvalue weighted by Gasteiger charge is -2.07. The summed E-state index contributed by atoms with van der Waals surface area (Å²) in [5.41, 5.74) is 3.85. The van der Waals surface area contributed by atoms with Crippen LogP contribution in [-0.2, 0) is 14.4 Å². The van der Waals surface area contributed by atoms with E-state index in [4.69, 9.17) is 11.6 Å². The van der Waals surface area contributed by atoms with Crippen molar-refractivity contribution in [3.8, 4) is 5.69 Å². The Bertz CT molecular complexity index is 997. The average molecular weight is 374 g/mol. The second-order valence-corrected chi connectivity index (χ2v) is 6.46. The van der Waals surface area contributed by atoms with Gasteiger partial charge in [0.15, 0.2) is 11.6 Å². The van der Waals surface area contributed by atoms with Crippen LogP contribution < -0.4 is 10.2 Å². The molecule has 0 spiro atoms. The Balaban J connectivity index is 1.90. The molecule has 0 bridgehead atoms. The van der Waals surface area contributed by atoms with E-state index in [1.54, 1.807) is 12.1 Å². The van der Waals surface area contributed by atoms with Crippen molar-refractivity contribution in [1.29, 1.82) is 0 Å². The Morgan fingerprint density at radius 3 is 2.64 bits per heavy atom. The van der Waals surface area contributed by atoms with Crippen LogP contribution in [0, 0.1) is 6.92 Å². The van der Waals surface area contributed by atoms with Gasteiger partial charge in [0.2, 0.25) is 4.80 Å². The second kappa shape index (κ2) is 7.00. The number of nitrogens with zero attached hydrogens (tertiary/aromatic N) is 2. The van der Waals surface area contributed by atoms with E-state index in [-0.39, 0.29) is 5.57 Å². The molecule has 0 atom stereocenters. The van der Waals surface area contributed by atoms with Gasteiger partial charge in [-0.3, -0.25) is 19.0 Å². The maximum atomic E-state index is 12.1. The third-order valence-corrected chi connectivity index (χ3v) is 4.61. The molecule has 1 amide bonds. The van der Waals surface area contributed by atoms with Gasteiger partial charge in [0.05, 0.1) is 5.57 Å². The molecule has 1 heterocycles. The van der Waals surface area contributed by atoms with Gasteiger partial charge in [-0.15, -0.1) is 16.4 Å². The number of thiazole rings is 1. The molecule has 126 valence electrons.